The van der Waals surface area contributed by atoms with Crippen molar-refractivity contribution in [2.75, 3.05) is 13.7 Å². The number of imidazole rings is 1. The number of benzene rings is 3. The molecule has 4 aromatic rings. The lowest BCUT2D eigenvalue weighted by Crippen LogP contribution is -2.10. The predicted octanol–water partition coefficient (Wildman–Crippen LogP) is 7.81. The maximum Gasteiger partial charge on any atom is 0.161 e. The summed E-state index contributed by atoms with van der Waals surface area (Å²) in [4.78, 5) is 4.86. The molecule has 5 nitrogen and oxygen atoms in total. The molecule has 0 aliphatic heterocycles. The Hall–Kier alpha value is -3.73. The van der Waals surface area contributed by atoms with Crippen LogP contribution in [0.5, 0.6) is 17.2 Å². The van der Waals surface area contributed by atoms with Gasteiger partial charge in [-0.05, 0) is 72.7 Å². The first-order valence-corrected chi connectivity index (χ1v) is 13.0. The van der Waals surface area contributed by atoms with Gasteiger partial charge in [0.25, 0.3) is 0 Å². The van der Waals surface area contributed by atoms with Crippen molar-refractivity contribution < 1.29 is 14.2 Å². The average molecular weight is 499 g/mol. The summed E-state index contributed by atoms with van der Waals surface area (Å²) < 4.78 is 20.0. The van der Waals surface area contributed by atoms with Gasteiger partial charge in [0.05, 0.1) is 24.8 Å². The van der Waals surface area contributed by atoms with E-state index in [1.54, 1.807) is 7.11 Å². The van der Waals surface area contributed by atoms with Gasteiger partial charge in [-0.3, -0.25) is 0 Å². The molecule has 0 saturated heterocycles. The summed E-state index contributed by atoms with van der Waals surface area (Å²) in [5.41, 5.74) is 4.63. The van der Waals surface area contributed by atoms with Crippen LogP contribution in [0.2, 0.25) is 0 Å². The molecule has 4 rings (SSSR count). The third-order valence-corrected chi connectivity index (χ3v) is 6.40. The molecule has 0 atom stereocenters. The van der Waals surface area contributed by atoms with Crippen molar-refractivity contribution in [1.29, 1.82) is 0 Å². The second-order valence-corrected chi connectivity index (χ2v) is 10.2. The number of methoxy groups -OCH3 is 1. The first-order valence-electron chi connectivity index (χ1n) is 13.0. The van der Waals surface area contributed by atoms with E-state index in [1.807, 2.05) is 49.4 Å². The quantitative estimate of drug-likeness (QED) is 0.198. The van der Waals surface area contributed by atoms with E-state index in [1.165, 1.54) is 5.56 Å². The van der Waals surface area contributed by atoms with Crippen molar-refractivity contribution in [1.82, 2.24) is 9.55 Å². The van der Waals surface area contributed by atoms with E-state index in [9.17, 15) is 0 Å². The number of aromatic nitrogens is 2. The van der Waals surface area contributed by atoms with Crippen molar-refractivity contribution in [3.63, 3.8) is 0 Å². The van der Waals surface area contributed by atoms with Crippen molar-refractivity contribution in [3.8, 4) is 17.2 Å². The van der Waals surface area contributed by atoms with Gasteiger partial charge in [-0.2, -0.15) is 0 Å². The summed E-state index contributed by atoms with van der Waals surface area (Å²) in [6.45, 7) is 10.6. The molecule has 37 heavy (non-hydrogen) atoms. The Morgan fingerprint density at radius 1 is 0.892 bits per heavy atom. The molecular weight excluding hydrogens is 460 g/mol. The van der Waals surface area contributed by atoms with Crippen LogP contribution < -0.4 is 14.2 Å². The fourth-order valence-corrected chi connectivity index (χ4v) is 4.34. The highest BCUT2D eigenvalue weighted by atomic mass is 16.5. The van der Waals surface area contributed by atoms with Gasteiger partial charge < -0.3 is 18.8 Å². The van der Waals surface area contributed by atoms with Crippen LogP contribution in [0.3, 0.4) is 0 Å². The van der Waals surface area contributed by atoms with Crippen LogP contribution in [0.4, 0.5) is 0 Å². The van der Waals surface area contributed by atoms with Crippen LogP contribution in [-0.2, 0) is 18.6 Å². The third-order valence-electron chi connectivity index (χ3n) is 6.40. The third kappa shape index (κ3) is 6.73. The minimum Gasteiger partial charge on any atom is -0.494 e. The van der Waals surface area contributed by atoms with Crippen LogP contribution >= 0.6 is 0 Å². The number of hydrogen-bond donors (Lipinski definition) is 0. The number of unbranched alkanes of at least 4 members (excludes halogenated alkanes) is 1. The number of hydrogen-bond acceptors (Lipinski definition) is 4. The molecular formula is C32H38N2O3. The Morgan fingerprint density at radius 3 is 2.41 bits per heavy atom. The fraction of sp³-hybridized carbons (Fsp3) is 0.344. The zero-order chi connectivity index (χ0) is 26.3. The van der Waals surface area contributed by atoms with E-state index < -0.39 is 0 Å². The molecule has 0 aliphatic rings. The molecule has 0 aliphatic carbocycles. The van der Waals surface area contributed by atoms with Crippen LogP contribution in [0.25, 0.3) is 17.1 Å². The molecule has 5 heteroatoms. The summed E-state index contributed by atoms with van der Waals surface area (Å²) in [6, 6.07) is 22.6. The molecule has 0 fully saturated rings. The van der Waals surface area contributed by atoms with Crippen molar-refractivity contribution in [3.05, 3.63) is 89.8 Å². The van der Waals surface area contributed by atoms with Gasteiger partial charge in [0.15, 0.2) is 11.5 Å². The molecule has 1 aromatic heterocycles. The number of fused-ring (bicyclic) bond motifs is 1. The number of nitrogens with zero attached hydrogens (tertiary/aromatic N) is 2. The van der Waals surface area contributed by atoms with Crippen LogP contribution in [0, 0.1) is 0 Å². The number of aryl methyl sites for hydroxylation is 1. The maximum absolute atomic E-state index is 6.18. The summed E-state index contributed by atoms with van der Waals surface area (Å²) >= 11 is 0. The molecule has 0 amide bonds. The Kier molecular flexibility index (Phi) is 8.54. The molecule has 0 saturated carbocycles. The summed E-state index contributed by atoms with van der Waals surface area (Å²) in [6.07, 6.45) is 5.98. The molecule has 0 radical (unpaired) electrons. The Labute approximate surface area is 220 Å². The van der Waals surface area contributed by atoms with Crippen molar-refractivity contribution in [2.24, 2.45) is 0 Å². The van der Waals surface area contributed by atoms with Gasteiger partial charge in [-0.25, -0.2) is 4.98 Å². The predicted molar refractivity (Wildman–Crippen MR) is 152 cm³/mol. The van der Waals surface area contributed by atoms with Gasteiger partial charge in [0.2, 0.25) is 0 Å². The maximum atomic E-state index is 6.18. The zero-order valence-electron chi connectivity index (χ0n) is 22.7. The molecule has 0 unspecified atom stereocenters. The largest absolute Gasteiger partial charge is 0.494 e. The molecule has 1 heterocycles. The average Bonchev–Trinajstić information content (AvgIpc) is 3.25. The summed E-state index contributed by atoms with van der Waals surface area (Å²) in [5, 5.41) is 0. The van der Waals surface area contributed by atoms with Crippen LogP contribution in [0.15, 0.2) is 72.8 Å². The SMILES string of the molecule is C/C=C\c1ccc(OCc2nc3ccccc3n2CCCCOc2ccc(C(C)(C)C)cc2)c(OC)c1. The molecule has 0 bridgehead atoms. The van der Waals surface area contributed by atoms with Gasteiger partial charge >= 0.3 is 0 Å². The van der Waals surface area contributed by atoms with E-state index in [2.05, 4.69) is 61.7 Å². The Morgan fingerprint density at radius 2 is 1.68 bits per heavy atom. The molecule has 0 N–H and O–H groups in total. The highest BCUT2D eigenvalue weighted by molar-refractivity contribution is 5.75. The van der Waals surface area contributed by atoms with E-state index in [0.29, 0.717) is 24.7 Å². The van der Waals surface area contributed by atoms with Gasteiger partial charge in [0.1, 0.15) is 18.2 Å². The summed E-state index contributed by atoms with van der Waals surface area (Å²) in [7, 11) is 1.66. The van der Waals surface area contributed by atoms with Crippen molar-refractivity contribution >= 4 is 17.1 Å². The van der Waals surface area contributed by atoms with E-state index in [-0.39, 0.29) is 5.41 Å². The first-order chi connectivity index (χ1) is 17.9. The number of para-hydroxylation sites is 2. The molecule has 0 spiro atoms. The van der Waals surface area contributed by atoms with E-state index in [0.717, 1.165) is 47.6 Å². The van der Waals surface area contributed by atoms with Crippen molar-refractivity contribution in [2.45, 2.75) is 59.1 Å². The highest BCUT2D eigenvalue weighted by Crippen LogP contribution is 2.30. The topological polar surface area (TPSA) is 45.5 Å². The number of allylic oxidation sites excluding steroid dienone is 1. The first kappa shape index (κ1) is 26.3. The lowest BCUT2D eigenvalue weighted by Gasteiger charge is -2.19. The van der Waals surface area contributed by atoms with E-state index in [4.69, 9.17) is 19.2 Å². The summed E-state index contributed by atoms with van der Waals surface area (Å²) in [5.74, 6) is 3.25. The monoisotopic (exact) mass is 498 g/mol. The Bertz CT molecular complexity index is 1330. The lowest BCUT2D eigenvalue weighted by atomic mass is 9.87. The van der Waals surface area contributed by atoms with Gasteiger partial charge in [-0.15, -0.1) is 0 Å². The highest BCUT2D eigenvalue weighted by Gasteiger charge is 2.14. The second-order valence-electron chi connectivity index (χ2n) is 10.2. The second kappa shape index (κ2) is 12.0. The van der Waals surface area contributed by atoms with Gasteiger partial charge in [0, 0.05) is 6.54 Å². The Balaban J connectivity index is 1.38. The lowest BCUT2D eigenvalue weighted by molar-refractivity contribution is 0.270. The number of rotatable bonds is 11. The van der Waals surface area contributed by atoms with E-state index >= 15 is 0 Å². The standard InChI is InChI=1S/C32H38N2O3/c1-6-11-24-14-19-29(30(22-24)35-5)37-23-31-33-27-12-7-8-13-28(27)34(31)20-9-10-21-36-26-17-15-25(16-18-26)32(2,3)4/h6-8,11-19,22H,9-10,20-21,23H2,1-5H3/b11-6-. The minimum atomic E-state index is 0.147. The van der Waals surface area contributed by atoms with Crippen LogP contribution in [-0.4, -0.2) is 23.3 Å². The van der Waals surface area contributed by atoms with Gasteiger partial charge in [-0.1, -0.05) is 63.3 Å². The van der Waals surface area contributed by atoms with Crippen LogP contribution in [0.1, 0.15) is 57.5 Å². The zero-order valence-corrected chi connectivity index (χ0v) is 22.7. The fourth-order valence-electron chi connectivity index (χ4n) is 4.34. The minimum absolute atomic E-state index is 0.147. The normalized spacial score (nSPS) is 11.8. The smallest absolute Gasteiger partial charge is 0.161 e. The molecule has 3 aromatic carbocycles. The number of ether oxygens (including phenoxy) is 3. The molecule has 194 valence electrons.